The Morgan fingerprint density at radius 1 is 1.06 bits per heavy atom. The Bertz CT molecular complexity index is 212. The molecular weight excluding hydrogens is 224 g/mol. The Morgan fingerprint density at radius 3 is 1.94 bits per heavy atom. The first kappa shape index (κ1) is 15.9. The first-order valence-electron chi connectivity index (χ1n) is 7.34. The molecule has 0 unspecified atom stereocenters. The summed E-state index contributed by atoms with van der Waals surface area (Å²) >= 11 is 0. The van der Waals surface area contributed by atoms with E-state index < -0.39 is 0 Å². The summed E-state index contributed by atoms with van der Waals surface area (Å²) in [5.41, 5.74) is 3.54. The van der Waals surface area contributed by atoms with Crippen molar-refractivity contribution in [3.63, 3.8) is 0 Å². The number of rotatable bonds is 6. The van der Waals surface area contributed by atoms with E-state index in [1.54, 1.807) is 0 Å². The number of nitrogens with zero attached hydrogens (tertiary/aromatic N) is 3. The fourth-order valence-corrected chi connectivity index (χ4v) is 2.39. The number of hydrazine groups is 2. The van der Waals surface area contributed by atoms with Crippen molar-refractivity contribution >= 4 is 0 Å². The lowest BCUT2D eigenvalue weighted by molar-refractivity contribution is -0.0786. The predicted octanol–water partition coefficient (Wildman–Crippen LogP) is 1.80. The maximum Gasteiger partial charge on any atom is 0.0200 e. The Balaban J connectivity index is 2.45. The standard InChI is InChI=1S/C14H32N4/c1-12(2)17-10-14(8-7-9-16(5)6)11-18(15-17)13(3)4/h12-15H,7-11H2,1-6H3. The zero-order valence-corrected chi connectivity index (χ0v) is 13.1. The van der Waals surface area contributed by atoms with Crippen LogP contribution in [0.2, 0.25) is 0 Å². The van der Waals surface area contributed by atoms with E-state index in [1.807, 2.05) is 0 Å². The zero-order valence-electron chi connectivity index (χ0n) is 13.1. The van der Waals surface area contributed by atoms with E-state index in [4.69, 9.17) is 0 Å². The smallest absolute Gasteiger partial charge is 0.0200 e. The van der Waals surface area contributed by atoms with Crippen LogP contribution in [0.25, 0.3) is 0 Å². The van der Waals surface area contributed by atoms with Crippen LogP contribution in [0.5, 0.6) is 0 Å². The molecule has 1 heterocycles. The largest absolute Gasteiger partial charge is 0.309 e. The second kappa shape index (κ2) is 7.43. The summed E-state index contributed by atoms with van der Waals surface area (Å²) in [5, 5.41) is 4.76. The van der Waals surface area contributed by atoms with Gasteiger partial charge in [0.2, 0.25) is 0 Å². The van der Waals surface area contributed by atoms with Crippen molar-refractivity contribution in [1.82, 2.24) is 20.5 Å². The van der Waals surface area contributed by atoms with Crippen LogP contribution in [0.3, 0.4) is 0 Å². The van der Waals surface area contributed by atoms with Crippen molar-refractivity contribution in [2.45, 2.75) is 52.6 Å². The summed E-state index contributed by atoms with van der Waals surface area (Å²) in [5.74, 6) is 0.788. The molecule has 0 radical (unpaired) electrons. The Morgan fingerprint density at radius 2 is 1.56 bits per heavy atom. The Hall–Kier alpha value is -0.160. The second-order valence-corrected chi connectivity index (χ2v) is 6.40. The van der Waals surface area contributed by atoms with Gasteiger partial charge < -0.3 is 4.90 Å². The average molecular weight is 256 g/mol. The quantitative estimate of drug-likeness (QED) is 0.782. The van der Waals surface area contributed by atoms with Crippen LogP contribution in [0, 0.1) is 5.92 Å². The predicted molar refractivity (Wildman–Crippen MR) is 78.1 cm³/mol. The molecule has 1 fully saturated rings. The molecule has 4 heteroatoms. The Kier molecular flexibility index (Phi) is 6.57. The molecule has 0 aromatic rings. The van der Waals surface area contributed by atoms with Gasteiger partial charge in [-0.3, -0.25) is 0 Å². The van der Waals surface area contributed by atoms with Crippen molar-refractivity contribution in [3.8, 4) is 0 Å². The molecule has 1 aliphatic heterocycles. The zero-order chi connectivity index (χ0) is 13.7. The van der Waals surface area contributed by atoms with Crippen LogP contribution in [0.1, 0.15) is 40.5 Å². The highest BCUT2D eigenvalue weighted by atomic mass is 15.8. The molecule has 0 atom stereocenters. The minimum absolute atomic E-state index is 0.558. The van der Waals surface area contributed by atoms with Gasteiger partial charge in [-0.1, -0.05) is 0 Å². The van der Waals surface area contributed by atoms with Gasteiger partial charge in [0.05, 0.1) is 0 Å². The summed E-state index contributed by atoms with van der Waals surface area (Å²) in [4.78, 5) is 2.28. The lowest BCUT2D eigenvalue weighted by atomic mass is 10.0. The molecular formula is C14H32N4. The van der Waals surface area contributed by atoms with E-state index in [-0.39, 0.29) is 0 Å². The van der Waals surface area contributed by atoms with Crippen molar-refractivity contribution in [3.05, 3.63) is 0 Å². The lowest BCUT2D eigenvalue weighted by Crippen LogP contribution is -2.62. The molecule has 0 aliphatic carbocycles. The monoisotopic (exact) mass is 256 g/mol. The molecule has 0 aromatic heterocycles. The van der Waals surface area contributed by atoms with Crippen LogP contribution >= 0.6 is 0 Å². The molecule has 108 valence electrons. The summed E-state index contributed by atoms with van der Waals surface area (Å²) in [6, 6.07) is 1.12. The minimum Gasteiger partial charge on any atom is -0.309 e. The highest BCUT2D eigenvalue weighted by Gasteiger charge is 2.27. The second-order valence-electron chi connectivity index (χ2n) is 6.40. The highest BCUT2D eigenvalue weighted by Crippen LogP contribution is 2.17. The SMILES string of the molecule is CC(C)N1CC(CCCN(C)C)CN(C(C)C)N1. The Labute approximate surface area is 113 Å². The maximum absolute atomic E-state index is 3.54. The summed E-state index contributed by atoms with van der Waals surface area (Å²) in [6.07, 6.45) is 2.63. The molecule has 4 nitrogen and oxygen atoms in total. The van der Waals surface area contributed by atoms with E-state index >= 15 is 0 Å². The third kappa shape index (κ3) is 5.22. The van der Waals surface area contributed by atoms with Gasteiger partial charge in [-0.15, -0.1) is 0 Å². The number of hydrogen-bond donors (Lipinski definition) is 1. The van der Waals surface area contributed by atoms with Gasteiger partial charge in [0.1, 0.15) is 0 Å². The average Bonchev–Trinajstić information content (AvgIpc) is 2.28. The topological polar surface area (TPSA) is 21.8 Å². The summed E-state index contributed by atoms with van der Waals surface area (Å²) in [6.45, 7) is 12.6. The highest BCUT2D eigenvalue weighted by molar-refractivity contribution is 4.76. The molecule has 1 rings (SSSR count). The van der Waals surface area contributed by atoms with Gasteiger partial charge in [-0.05, 0) is 67.1 Å². The van der Waals surface area contributed by atoms with Gasteiger partial charge in [0.25, 0.3) is 0 Å². The molecule has 0 spiro atoms. The van der Waals surface area contributed by atoms with Crippen LogP contribution in [0.15, 0.2) is 0 Å². The molecule has 0 aromatic carbocycles. The van der Waals surface area contributed by atoms with Crippen LogP contribution in [-0.2, 0) is 0 Å². The van der Waals surface area contributed by atoms with Gasteiger partial charge in [0.15, 0.2) is 0 Å². The normalized spacial score (nSPS) is 20.5. The van der Waals surface area contributed by atoms with Crippen LogP contribution in [0.4, 0.5) is 0 Å². The molecule has 1 saturated heterocycles. The fraction of sp³-hybridized carbons (Fsp3) is 1.00. The summed E-state index contributed by atoms with van der Waals surface area (Å²) < 4.78 is 0. The molecule has 18 heavy (non-hydrogen) atoms. The molecule has 0 bridgehead atoms. The first-order valence-corrected chi connectivity index (χ1v) is 7.34. The first-order chi connectivity index (χ1) is 8.40. The number of nitrogens with one attached hydrogen (secondary N) is 1. The van der Waals surface area contributed by atoms with E-state index in [0.29, 0.717) is 12.1 Å². The van der Waals surface area contributed by atoms with E-state index in [0.717, 1.165) is 5.92 Å². The lowest BCUT2D eigenvalue weighted by Gasteiger charge is -2.44. The van der Waals surface area contributed by atoms with E-state index in [2.05, 4.69) is 62.2 Å². The molecule has 0 saturated carbocycles. The third-order valence-corrected chi connectivity index (χ3v) is 3.63. The molecule has 1 aliphatic rings. The molecule has 1 N–H and O–H groups in total. The van der Waals surface area contributed by atoms with Crippen molar-refractivity contribution in [2.24, 2.45) is 5.92 Å². The van der Waals surface area contributed by atoms with Gasteiger partial charge in [0, 0.05) is 25.2 Å². The summed E-state index contributed by atoms with van der Waals surface area (Å²) in [7, 11) is 4.31. The molecule has 0 amide bonds. The van der Waals surface area contributed by atoms with Crippen molar-refractivity contribution in [1.29, 1.82) is 0 Å². The van der Waals surface area contributed by atoms with Crippen LogP contribution < -0.4 is 5.53 Å². The van der Waals surface area contributed by atoms with Gasteiger partial charge in [-0.25, -0.2) is 10.0 Å². The van der Waals surface area contributed by atoms with Crippen molar-refractivity contribution < 1.29 is 0 Å². The number of hydrogen-bond acceptors (Lipinski definition) is 4. The van der Waals surface area contributed by atoms with Crippen LogP contribution in [-0.4, -0.2) is 60.7 Å². The fourth-order valence-electron chi connectivity index (χ4n) is 2.39. The van der Waals surface area contributed by atoms with Gasteiger partial charge >= 0.3 is 0 Å². The van der Waals surface area contributed by atoms with E-state index in [1.165, 1.54) is 32.5 Å². The van der Waals surface area contributed by atoms with E-state index in [9.17, 15) is 0 Å². The van der Waals surface area contributed by atoms with Crippen molar-refractivity contribution in [2.75, 3.05) is 33.7 Å². The third-order valence-electron chi connectivity index (χ3n) is 3.63. The van der Waals surface area contributed by atoms with Gasteiger partial charge in [-0.2, -0.15) is 5.53 Å². The maximum atomic E-state index is 3.54. The minimum atomic E-state index is 0.558.